The van der Waals surface area contributed by atoms with Gasteiger partial charge in [-0.25, -0.2) is 4.79 Å². The number of primary amides is 1. The number of anilines is 2. The second-order valence-electron chi connectivity index (χ2n) is 5.56. The molecule has 0 atom stereocenters. The number of urea groups is 1. The summed E-state index contributed by atoms with van der Waals surface area (Å²) >= 11 is 3.20. The molecule has 1 aliphatic rings. The molecule has 0 saturated heterocycles. The summed E-state index contributed by atoms with van der Waals surface area (Å²) in [7, 11) is 3.07. The average molecular weight is 393 g/mol. The number of benzene rings is 1. The van der Waals surface area contributed by atoms with Crippen molar-refractivity contribution in [3.05, 3.63) is 34.2 Å². The largest absolute Gasteiger partial charge is 0.497 e. The topological polar surface area (TPSA) is 103 Å². The van der Waals surface area contributed by atoms with Crippen molar-refractivity contribution < 1.29 is 19.1 Å². The number of thiophene rings is 1. The summed E-state index contributed by atoms with van der Waals surface area (Å²) < 4.78 is 10.4. The van der Waals surface area contributed by atoms with E-state index in [0.29, 0.717) is 27.8 Å². The first-order valence-corrected chi connectivity index (χ1v) is 9.82. The first-order chi connectivity index (χ1) is 12.5. The van der Waals surface area contributed by atoms with Crippen molar-refractivity contribution in [2.24, 2.45) is 5.73 Å². The standard InChI is InChI=1S/C17H19N3O4S2/c1-23-10-5-9(6-11(7-10)24-2)19-17(22)20-16-14(15(18)21)12-3-4-25-8-13(12)26-16/h5-7H,3-4,8H2,1-2H3,(H2,18,21)(H2,19,20,22). The van der Waals surface area contributed by atoms with Gasteiger partial charge in [-0.2, -0.15) is 11.8 Å². The van der Waals surface area contributed by atoms with Crippen LogP contribution >= 0.6 is 23.1 Å². The van der Waals surface area contributed by atoms with Crippen molar-refractivity contribution in [1.29, 1.82) is 0 Å². The van der Waals surface area contributed by atoms with Crippen molar-refractivity contribution in [2.75, 3.05) is 30.6 Å². The lowest BCUT2D eigenvalue weighted by Gasteiger charge is -2.11. The van der Waals surface area contributed by atoms with E-state index in [2.05, 4.69) is 10.6 Å². The predicted octanol–water partition coefficient (Wildman–Crippen LogP) is 3.30. The molecule has 138 valence electrons. The molecule has 0 saturated carbocycles. The van der Waals surface area contributed by atoms with Crippen LogP contribution in [0.4, 0.5) is 15.5 Å². The number of fused-ring (bicyclic) bond motifs is 1. The third-order valence-electron chi connectivity index (χ3n) is 3.90. The number of rotatable bonds is 5. The van der Waals surface area contributed by atoms with Crippen LogP contribution in [0.2, 0.25) is 0 Å². The zero-order valence-corrected chi connectivity index (χ0v) is 16.0. The van der Waals surface area contributed by atoms with E-state index < -0.39 is 11.9 Å². The van der Waals surface area contributed by atoms with Crippen LogP contribution in [0.15, 0.2) is 18.2 Å². The molecule has 7 nitrogen and oxygen atoms in total. The number of hydrogen-bond acceptors (Lipinski definition) is 6. The molecule has 1 aromatic carbocycles. The Labute approximate surface area is 159 Å². The van der Waals surface area contributed by atoms with Crippen molar-refractivity contribution >= 4 is 45.7 Å². The lowest BCUT2D eigenvalue weighted by molar-refractivity contribution is 0.100. The molecular weight excluding hydrogens is 374 g/mol. The molecule has 0 unspecified atom stereocenters. The highest BCUT2D eigenvalue weighted by atomic mass is 32.2. The van der Waals surface area contributed by atoms with Crippen LogP contribution < -0.4 is 25.8 Å². The number of ether oxygens (including phenoxy) is 2. The molecule has 1 aromatic heterocycles. The molecule has 0 bridgehead atoms. The van der Waals surface area contributed by atoms with E-state index in [4.69, 9.17) is 15.2 Å². The second kappa shape index (κ2) is 7.88. The Morgan fingerprint density at radius 3 is 2.42 bits per heavy atom. The summed E-state index contributed by atoms with van der Waals surface area (Å²) in [6.07, 6.45) is 0.783. The number of nitrogens with two attached hydrogens (primary N) is 1. The summed E-state index contributed by atoms with van der Waals surface area (Å²) in [4.78, 5) is 25.4. The van der Waals surface area contributed by atoms with Crippen LogP contribution in [0.25, 0.3) is 0 Å². The highest BCUT2D eigenvalue weighted by molar-refractivity contribution is 7.98. The van der Waals surface area contributed by atoms with Gasteiger partial charge in [-0.1, -0.05) is 0 Å². The van der Waals surface area contributed by atoms with Crippen molar-refractivity contribution in [3.8, 4) is 11.5 Å². The number of amides is 3. The molecule has 2 aromatic rings. The predicted molar refractivity (Wildman–Crippen MR) is 105 cm³/mol. The van der Waals surface area contributed by atoms with Gasteiger partial charge in [-0.05, 0) is 17.7 Å². The fraction of sp³-hybridized carbons (Fsp3) is 0.294. The first-order valence-electron chi connectivity index (χ1n) is 7.85. The van der Waals surface area contributed by atoms with Gasteiger partial charge in [-0.3, -0.25) is 10.1 Å². The maximum Gasteiger partial charge on any atom is 0.324 e. The van der Waals surface area contributed by atoms with E-state index in [-0.39, 0.29) is 0 Å². The molecule has 3 rings (SSSR count). The molecule has 4 N–H and O–H groups in total. The quantitative estimate of drug-likeness (QED) is 0.723. The Kier molecular flexibility index (Phi) is 5.58. The molecule has 26 heavy (non-hydrogen) atoms. The molecule has 9 heteroatoms. The van der Waals surface area contributed by atoms with Gasteiger partial charge in [0.1, 0.15) is 16.5 Å². The minimum Gasteiger partial charge on any atom is -0.497 e. The number of hydrogen-bond donors (Lipinski definition) is 3. The maximum atomic E-state index is 12.4. The molecular formula is C17H19N3O4S2. The third kappa shape index (κ3) is 3.88. The van der Waals surface area contributed by atoms with E-state index in [1.54, 1.807) is 30.0 Å². The van der Waals surface area contributed by atoms with Gasteiger partial charge in [0.2, 0.25) is 0 Å². The van der Waals surface area contributed by atoms with Crippen LogP contribution in [0.1, 0.15) is 20.8 Å². The van der Waals surface area contributed by atoms with Gasteiger partial charge in [-0.15, -0.1) is 11.3 Å². The van der Waals surface area contributed by atoms with Crippen LogP contribution in [0, 0.1) is 0 Å². The minimum absolute atomic E-state index is 0.420. The Bertz CT molecular complexity index is 829. The number of nitrogens with one attached hydrogen (secondary N) is 2. The molecule has 3 amide bonds. The second-order valence-corrected chi connectivity index (χ2v) is 7.77. The van der Waals surface area contributed by atoms with Crippen LogP contribution in [0.5, 0.6) is 11.5 Å². The Balaban J connectivity index is 1.81. The molecule has 2 heterocycles. The zero-order chi connectivity index (χ0) is 18.7. The van der Waals surface area contributed by atoms with Crippen molar-refractivity contribution in [1.82, 2.24) is 0 Å². The van der Waals surface area contributed by atoms with Crippen LogP contribution in [0.3, 0.4) is 0 Å². The van der Waals surface area contributed by atoms with Crippen molar-refractivity contribution in [3.63, 3.8) is 0 Å². The van der Waals surface area contributed by atoms with E-state index in [0.717, 1.165) is 28.4 Å². The molecule has 1 aliphatic heterocycles. The minimum atomic E-state index is -0.521. The van der Waals surface area contributed by atoms with Gasteiger partial charge in [0.05, 0.1) is 19.8 Å². The van der Waals surface area contributed by atoms with E-state index in [1.165, 1.54) is 25.6 Å². The van der Waals surface area contributed by atoms with Crippen LogP contribution in [-0.2, 0) is 12.2 Å². The summed E-state index contributed by atoms with van der Waals surface area (Å²) in [6.45, 7) is 0. The fourth-order valence-electron chi connectivity index (χ4n) is 2.73. The summed E-state index contributed by atoms with van der Waals surface area (Å²) in [6, 6.07) is 4.59. The van der Waals surface area contributed by atoms with Gasteiger partial charge >= 0.3 is 6.03 Å². The lowest BCUT2D eigenvalue weighted by atomic mass is 10.1. The monoisotopic (exact) mass is 393 g/mol. The van der Waals surface area contributed by atoms with Gasteiger partial charge < -0.3 is 20.5 Å². The van der Waals surface area contributed by atoms with Gasteiger partial charge in [0.25, 0.3) is 5.91 Å². The normalized spacial score (nSPS) is 12.8. The van der Waals surface area contributed by atoms with E-state index in [1.807, 2.05) is 0 Å². The highest BCUT2D eigenvalue weighted by Gasteiger charge is 2.25. The maximum absolute atomic E-state index is 12.4. The molecule has 0 radical (unpaired) electrons. The summed E-state index contributed by atoms with van der Waals surface area (Å²) in [5.41, 5.74) is 7.43. The summed E-state index contributed by atoms with van der Waals surface area (Å²) in [5, 5.41) is 5.96. The first kappa shape index (κ1) is 18.4. The van der Waals surface area contributed by atoms with E-state index in [9.17, 15) is 9.59 Å². The zero-order valence-electron chi connectivity index (χ0n) is 14.4. The van der Waals surface area contributed by atoms with Crippen molar-refractivity contribution in [2.45, 2.75) is 12.2 Å². The van der Waals surface area contributed by atoms with Gasteiger partial charge in [0.15, 0.2) is 0 Å². The number of carbonyl (C=O) groups excluding carboxylic acids is 2. The number of methoxy groups -OCH3 is 2. The molecule has 0 fully saturated rings. The Morgan fingerprint density at radius 1 is 1.12 bits per heavy atom. The number of thioether (sulfide) groups is 1. The van der Waals surface area contributed by atoms with Crippen LogP contribution in [-0.4, -0.2) is 31.9 Å². The smallest absolute Gasteiger partial charge is 0.324 e. The third-order valence-corrected chi connectivity index (χ3v) is 6.22. The Morgan fingerprint density at radius 2 is 1.81 bits per heavy atom. The average Bonchev–Trinajstić information content (AvgIpc) is 2.98. The fourth-order valence-corrected chi connectivity index (χ4v) is 5.11. The van der Waals surface area contributed by atoms with E-state index >= 15 is 0 Å². The highest BCUT2D eigenvalue weighted by Crippen LogP contribution is 2.39. The lowest BCUT2D eigenvalue weighted by Crippen LogP contribution is -2.22. The number of carbonyl (C=O) groups is 2. The Hall–Kier alpha value is -2.39. The molecule has 0 aliphatic carbocycles. The molecule has 0 spiro atoms. The van der Waals surface area contributed by atoms with Gasteiger partial charge in [0, 0.05) is 34.5 Å². The summed E-state index contributed by atoms with van der Waals surface area (Å²) in [5.74, 6) is 2.37. The SMILES string of the molecule is COc1cc(NC(=O)Nc2sc3c(c2C(N)=O)CCSC3)cc(OC)c1.